The Bertz CT molecular complexity index is 348. The van der Waals surface area contributed by atoms with E-state index in [9.17, 15) is 4.39 Å². The number of benzene rings is 1. The second-order valence-electron chi connectivity index (χ2n) is 3.56. The lowest BCUT2D eigenvalue weighted by Gasteiger charge is -2.16. The highest BCUT2D eigenvalue weighted by molar-refractivity contribution is 5.46. The first kappa shape index (κ1) is 11.0. The number of methoxy groups -OCH3 is 1. The molecule has 0 heterocycles. The van der Waals surface area contributed by atoms with Crippen LogP contribution in [0.1, 0.15) is 29.7 Å². The molecule has 0 spiro atoms. The van der Waals surface area contributed by atoms with Gasteiger partial charge in [-0.05, 0) is 38.0 Å². The molecule has 1 unspecified atom stereocenters. The first-order valence-corrected chi connectivity index (χ1v) is 4.58. The second-order valence-corrected chi connectivity index (χ2v) is 3.56. The average Bonchev–Trinajstić information content (AvgIpc) is 2.10. The van der Waals surface area contributed by atoms with Crippen molar-refractivity contribution >= 4 is 0 Å². The summed E-state index contributed by atoms with van der Waals surface area (Å²) in [7, 11) is 1.53. The summed E-state index contributed by atoms with van der Waals surface area (Å²) in [4.78, 5) is 0. The summed E-state index contributed by atoms with van der Waals surface area (Å²) < 4.78 is 18.9. The summed E-state index contributed by atoms with van der Waals surface area (Å²) in [6.45, 7) is 5.37. The summed E-state index contributed by atoms with van der Waals surface area (Å²) >= 11 is 0. The lowest BCUT2D eigenvalue weighted by Crippen LogP contribution is -2.11. The van der Waals surface area contributed by atoms with Gasteiger partial charge in [-0.25, -0.2) is 4.39 Å². The SMILES string of the molecule is COc1c(C)cc(C)c(F)c1C(C)N. The van der Waals surface area contributed by atoms with E-state index in [2.05, 4.69) is 0 Å². The molecule has 1 aromatic rings. The van der Waals surface area contributed by atoms with Gasteiger partial charge in [0.2, 0.25) is 0 Å². The maximum atomic E-state index is 13.7. The molecule has 3 heteroatoms. The van der Waals surface area contributed by atoms with E-state index in [1.807, 2.05) is 6.92 Å². The predicted molar refractivity (Wildman–Crippen MR) is 55.0 cm³/mol. The first-order valence-electron chi connectivity index (χ1n) is 4.58. The maximum Gasteiger partial charge on any atom is 0.134 e. The zero-order valence-electron chi connectivity index (χ0n) is 9.02. The number of aryl methyl sites for hydroxylation is 2. The minimum atomic E-state index is -0.358. The number of halogens is 1. The molecule has 0 radical (unpaired) electrons. The summed E-state index contributed by atoms with van der Waals surface area (Å²) in [6, 6.07) is 1.41. The molecule has 0 fully saturated rings. The number of rotatable bonds is 2. The van der Waals surface area contributed by atoms with Gasteiger partial charge in [-0.2, -0.15) is 0 Å². The Balaban J connectivity index is 3.48. The van der Waals surface area contributed by atoms with Crippen molar-refractivity contribution in [2.45, 2.75) is 26.8 Å². The lowest BCUT2D eigenvalue weighted by atomic mass is 10.00. The molecule has 1 atom stereocenters. The summed E-state index contributed by atoms with van der Waals surface area (Å²) in [6.07, 6.45) is 0. The van der Waals surface area contributed by atoms with E-state index in [4.69, 9.17) is 10.5 Å². The highest BCUT2D eigenvalue weighted by atomic mass is 19.1. The first-order chi connectivity index (χ1) is 6.49. The second kappa shape index (κ2) is 3.96. The van der Waals surface area contributed by atoms with Gasteiger partial charge in [-0.1, -0.05) is 0 Å². The fraction of sp³-hybridized carbons (Fsp3) is 0.455. The Morgan fingerprint density at radius 3 is 2.36 bits per heavy atom. The zero-order valence-corrected chi connectivity index (χ0v) is 9.02. The largest absolute Gasteiger partial charge is 0.496 e. The summed E-state index contributed by atoms with van der Waals surface area (Å²) in [5.74, 6) is 0.297. The van der Waals surface area contributed by atoms with Crippen LogP contribution in [0.3, 0.4) is 0 Å². The monoisotopic (exact) mass is 197 g/mol. The quantitative estimate of drug-likeness (QED) is 0.790. The van der Waals surface area contributed by atoms with E-state index < -0.39 is 0 Å². The Kier molecular flexibility index (Phi) is 3.11. The topological polar surface area (TPSA) is 35.2 Å². The van der Waals surface area contributed by atoms with Crippen molar-refractivity contribution in [1.29, 1.82) is 0 Å². The van der Waals surface area contributed by atoms with E-state index in [0.717, 1.165) is 5.56 Å². The van der Waals surface area contributed by atoms with Gasteiger partial charge in [0, 0.05) is 11.6 Å². The highest BCUT2D eigenvalue weighted by Crippen LogP contribution is 2.31. The normalized spacial score (nSPS) is 12.7. The van der Waals surface area contributed by atoms with E-state index in [-0.39, 0.29) is 11.9 Å². The van der Waals surface area contributed by atoms with Gasteiger partial charge in [0.1, 0.15) is 11.6 Å². The molecule has 0 saturated carbocycles. The van der Waals surface area contributed by atoms with Crippen LogP contribution in [0.25, 0.3) is 0 Å². The van der Waals surface area contributed by atoms with E-state index in [1.165, 1.54) is 7.11 Å². The molecule has 0 aliphatic rings. The third-order valence-corrected chi connectivity index (χ3v) is 2.28. The van der Waals surface area contributed by atoms with Crippen LogP contribution in [-0.2, 0) is 0 Å². The van der Waals surface area contributed by atoms with Crippen LogP contribution in [0.15, 0.2) is 6.07 Å². The van der Waals surface area contributed by atoms with Crippen LogP contribution in [0.2, 0.25) is 0 Å². The third-order valence-electron chi connectivity index (χ3n) is 2.28. The van der Waals surface area contributed by atoms with E-state index >= 15 is 0 Å². The molecule has 0 aliphatic heterocycles. The van der Waals surface area contributed by atoms with Gasteiger partial charge in [-0.15, -0.1) is 0 Å². The van der Waals surface area contributed by atoms with Gasteiger partial charge in [-0.3, -0.25) is 0 Å². The zero-order chi connectivity index (χ0) is 10.9. The highest BCUT2D eigenvalue weighted by Gasteiger charge is 2.17. The van der Waals surface area contributed by atoms with E-state index in [1.54, 1.807) is 19.9 Å². The fourth-order valence-electron chi connectivity index (χ4n) is 1.66. The van der Waals surface area contributed by atoms with Crippen LogP contribution in [-0.4, -0.2) is 7.11 Å². The molecule has 1 rings (SSSR count). The van der Waals surface area contributed by atoms with Crippen molar-refractivity contribution in [3.63, 3.8) is 0 Å². The number of hydrogen-bond donors (Lipinski definition) is 1. The van der Waals surface area contributed by atoms with Crippen LogP contribution < -0.4 is 10.5 Å². The molecule has 1 aromatic carbocycles. The van der Waals surface area contributed by atoms with Gasteiger partial charge >= 0.3 is 0 Å². The van der Waals surface area contributed by atoms with Gasteiger partial charge in [0.15, 0.2) is 0 Å². The molecule has 0 amide bonds. The molecular weight excluding hydrogens is 181 g/mol. The number of hydrogen-bond acceptors (Lipinski definition) is 2. The van der Waals surface area contributed by atoms with Crippen molar-refractivity contribution in [2.75, 3.05) is 7.11 Å². The lowest BCUT2D eigenvalue weighted by molar-refractivity contribution is 0.397. The number of nitrogens with two attached hydrogens (primary N) is 1. The molecular formula is C11H16FNO. The van der Waals surface area contributed by atoms with Crippen molar-refractivity contribution in [3.8, 4) is 5.75 Å². The number of ether oxygens (including phenoxy) is 1. The molecule has 0 aromatic heterocycles. The maximum absolute atomic E-state index is 13.7. The third kappa shape index (κ3) is 1.73. The standard InChI is InChI=1S/C11H16FNO/c1-6-5-7(2)11(14-4)9(8(3)13)10(6)12/h5,8H,13H2,1-4H3. The molecule has 2 nitrogen and oxygen atoms in total. The Labute approximate surface area is 83.9 Å². The van der Waals surface area contributed by atoms with Crippen LogP contribution in [0, 0.1) is 19.7 Å². The van der Waals surface area contributed by atoms with Crippen LogP contribution in [0.4, 0.5) is 4.39 Å². The summed E-state index contributed by atoms with van der Waals surface area (Å²) in [5.41, 5.74) is 7.69. The van der Waals surface area contributed by atoms with Crippen LogP contribution >= 0.6 is 0 Å². The molecule has 0 bridgehead atoms. The van der Waals surface area contributed by atoms with Crippen molar-refractivity contribution in [3.05, 3.63) is 28.6 Å². The van der Waals surface area contributed by atoms with Gasteiger partial charge < -0.3 is 10.5 Å². The van der Waals surface area contributed by atoms with Crippen LogP contribution in [0.5, 0.6) is 5.75 Å². The van der Waals surface area contributed by atoms with Gasteiger partial charge in [0.25, 0.3) is 0 Å². The minimum absolute atomic E-state index is 0.262. The Morgan fingerprint density at radius 1 is 1.36 bits per heavy atom. The molecule has 2 N–H and O–H groups in total. The smallest absolute Gasteiger partial charge is 0.134 e. The van der Waals surface area contributed by atoms with Gasteiger partial charge in [0.05, 0.1) is 7.11 Å². The molecule has 14 heavy (non-hydrogen) atoms. The van der Waals surface area contributed by atoms with Crippen molar-refractivity contribution in [2.24, 2.45) is 5.73 Å². The van der Waals surface area contributed by atoms with E-state index in [0.29, 0.717) is 16.9 Å². The minimum Gasteiger partial charge on any atom is -0.496 e. The molecule has 0 aliphatic carbocycles. The molecule has 0 saturated heterocycles. The van der Waals surface area contributed by atoms with Crippen molar-refractivity contribution in [1.82, 2.24) is 0 Å². The summed E-state index contributed by atoms with van der Waals surface area (Å²) in [5, 5.41) is 0. The molecule has 78 valence electrons. The predicted octanol–water partition coefficient (Wildman–Crippen LogP) is 2.47. The van der Waals surface area contributed by atoms with Crippen molar-refractivity contribution < 1.29 is 9.13 Å². The Morgan fingerprint density at radius 2 is 1.93 bits per heavy atom. The fourth-order valence-corrected chi connectivity index (χ4v) is 1.66. The Hall–Kier alpha value is -1.09. The average molecular weight is 197 g/mol.